The number of benzene rings is 1. The molecule has 0 atom stereocenters. The van der Waals surface area contributed by atoms with Gasteiger partial charge in [0.2, 0.25) is 0 Å². The van der Waals surface area contributed by atoms with Gasteiger partial charge in [-0.25, -0.2) is 4.98 Å². The summed E-state index contributed by atoms with van der Waals surface area (Å²) in [6, 6.07) is 9.75. The molecule has 0 saturated heterocycles. The molecule has 0 aliphatic heterocycles. The summed E-state index contributed by atoms with van der Waals surface area (Å²) in [6.07, 6.45) is 5.20. The van der Waals surface area contributed by atoms with Crippen molar-refractivity contribution in [3.8, 4) is 0 Å². The van der Waals surface area contributed by atoms with Crippen molar-refractivity contribution >= 4 is 11.3 Å². The van der Waals surface area contributed by atoms with Gasteiger partial charge < -0.3 is 5.73 Å². The fourth-order valence-corrected chi connectivity index (χ4v) is 1.90. The maximum atomic E-state index is 5.66. The molecular weight excluding hydrogens is 226 g/mol. The lowest BCUT2D eigenvalue weighted by molar-refractivity contribution is 0.832. The molecule has 2 heterocycles. The minimum absolute atomic E-state index is 0.788. The Morgan fingerprint density at radius 2 is 1.83 bits per heavy atom. The van der Waals surface area contributed by atoms with E-state index in [1.807, 2.05) is 34.7 Å². The first-order chi connectivity index (χ1) is 8.83. The first-order valence-electron chi connectivity index (χ1n) is 5.81. The molecule has 5 nitrogen and oxygen atoms in total. The lowest BCUT2D eigenvalue weighted by atomic mass is 10.1. The minimum Gasteiger partial charge on any atom is -0.399 e. The maximum Gasteiger partial charge on any atom is 0.163 e. The molecule has 2 aromatic heterocycles. The van der Waals surface area contributed by atoms with Crippen LogP contribution in [0.2, 0.25) is 0 Å². The molecular formula is C13H13N5. The molecule has 0 bridgehead atoms. The summed E-state index contributed by atoms with van der Waals surface area (Å²) in [5, 5.41) is 8.27. The Balaban J connectivity index is 1.79. The number of fused-ring (bicyclic) bond motifs is 1. The van der Waals surface area contributed by atoms with Gasteiger partial charge in [0, 0.05) is 24.4 Å². The lowest BCUT2D eigenvalue weighted by Gasteiger charge is -2.01. The van der Waals surface area contributed by atoms with Crippen LogP contribution >= 0.6 is 0 Å². The Morgan fingerprint density at radius 3 is 2.67 bits per heavy atom. The molecule has 0 radical (unpaired) electrons. The van der Waals surface area contributed by atoms with Crippen LogP contribution in [0.3, 0.4) is 0 Å². The Morgan fingerprint density at radius 1 is 1.00 bits per heavy atom. The van der Waals surface area contributed by atoms with Crippen LogP contribution in [0.5, 0.6) is 0 Å². The van der Waals surface area contributed by atoms with Gasteiger partial charge >= 0.3 is 0 Å². The standard InChI is InChI=1S/C13H13N5/c14-11-4-1-10(2-5-11)3-6-12-16-17-13-7-8-15-9-18(12)13/h1-2,4-5,7-9H,3,6,14H2. The monoisotopic (exact) mass is 239 g/mol. The van der Waals surface area contributed by atoms with Crippen molar-refractivity contribution in [3.05, 3.63) is 54.2 Å². The third-order valence-electron chi connectivity index (χ3n) is 2.90. The van der Waals surface area contributed by atoms with Gasteiger partial charge in [0.1, 0.15) is 12.2 Å². The van der Waals surface area contributed by atoms with E-state index in [9.17, 15) is 0 Å². The first kappa shape index (κ1) is 10.7. The molecule has 2 N–H and O–H groups in total. The average Bonchev–Trinajstić information content (AvgIpc) is 2.82. The van der Waals surface area contributed by atoms with Crippen LogP contribution in [0, 0.1) is 0 Å². The van der Waals surface area contributed by atoms with Gasteiger partial charge in [0.15, 0.2) is 5.65 Å². The third kappa shape index (κ3) is 2.02. The quantitative estimate of drug-likeness (QED) is 0.703. The summed E-state index contributed by atoms with van der Waals surface area (Å²) in [5.41, 5.74) is 8.52. The van der Waals surface area contributed by atoms with Crippen LogP contribution in [0.1, 0.15) is 11.4 Å². The molecule has 90 valence electrons. The number of nitrogens with two attached hydrogens (primary N) is 1. The zero-order valence-electron chi connectivity index (χ0n) is 9.82. The molecule has 18 heavy (non-hydrogen) atoms. The van der Waals surface area contributed by atoms with E-state index < -0.39 is 0 Å². The predicted molar refractivity (Wildman–Crippen MR) is 69.0 cm³/mol. The van der Waals surface area contributed by atoms with Gasteiger partial charge in [0.05, 0.1) is 0 Å². The Hall–Kier alpha value is -2.43. The summed E-state index contributed by atoms with van der Waals surface area (Å²) in [7, 11) is 0. The van der Waals surface area contributed by atoms with Crippen LogP contribution in [-0.2, 0) is 12.8 Å². The zero-order valence-corrected chi connectivity index (χ0v) is 9.82. The van der Waals surface area contributed by atoms with E-state index in [0.29, 0.717) is 0 Å². The number of hydrogen-bond acceptors (Lipinski definition) is 4. The fraction of sp³-hybridized carbons (Fsp3) is 0.154. The number of nitrogens with zero attached hydrogens (tertiary/aromatic N) is 4. The second-order valence-corrected chi connectivity index (χ2v) is 4.17. The van der Waals surface area contributed by atoms with Crippen molar-refractivity contribution in [2.24, 2.45) is 0 Å². The fourth-order valence-electron chi connectivity index (χ4n) is 1.90. The number of hydrogen-bond donors (Lipinski definition) is 1. The number of nitrogen functional groups attached to an aromatic ring is 1. The highest BCUT2D eigenvalue weighted by atomic mass is 15.3. The molecule has 0 aliphatic carbocycles. The van der Waals surface area contributed by atoms with Crippen LogP contribution in [0.4, 0.5) is 5.69 Å². The smallest absolute Gasteiger partial charge is 0.163 e. The van der Waals surface area contributed by atoms with Gasteiger partial charge in [-0.2, -0.15) is 0 Å². The zero-order chi connectivity index (χ0) is 12.4. The Labute approximate surface area is 104 Å². The van der Waals surface area contributed by atoms with Crippen LogP contribution < -0.4 is 5.73 Å². The Bertz CT molecular complexity index is 656. The van der Waals surface area contributed by atoms with Crippen LogP contribution in [-0.4, -0.2) is 19.6 Å². The van der Waals surface area contributed by atoms with E-state index in [-0.39, 0.29) is 0 Å². The van der Waals surface area contributed by atoms with E-state index in [0.717, 1.165) is 30.0 Å². The minimum atomic E-state index is 0.788. The highest BCUT2D eigenvalue weighted by Crippen LogP contribution is 2.09. The van der Waals surface area contributed by atoms with E-state index in [4.69, 9.17) is 5.73 Å². The average molecular weight is 239 g/mol. The highest BCUT2D eigenvalue weighted by Gasteiger charge is 2.04. The normalized spacial score (nSPS) is 10.9. The van der Waals surface area contributed by atoms with Crippen LogP contribution in [0.15, 0.2) is 42.9 Å². The van der Waals surface area contributed by atoms with Crippen LogP contribution in [0.25, 0.3) is 5.65 Å². The van der Waals surface area contributed by atoms with Crippen molar-refractivity contribution in [2.45, 2.75) is 12.8 Å². The molecule has 3 aromatic rings. The summed E-state index contributed by atoms with van der Waals surface area (Å²) in [6.45, 7) is 0. The second kappa shape index (κ2) is 4.44. The van der Waals surface area contributed by atoms with Crippen molar-refractivity contribution in [2.75, 3.05) is 5.73 Å². The molecule has 0 spiro atoms. The first-order valence-corrected chi connectivity index (χ1v) is 5.81. The summed E-state index contributed by atoms with van der Waals surface area (Å²) in [5.74, 6) is 0.926. The molecule has 0 fully saturated rings. The molecule has 1 aromatic carbocycles. The van der Waals surface area contributed by atoms with Gasteiger partial charge in [-0.05, 0) is 24.1 Å². The van der Waals surface area contributed by atoms with E-state index >= 15 is 0 Å². The van der Waals surface area contributed by atoms with Gasteiger partial charge in [0.25, 0.3) is 0 Å². The summed E-state index contributed by atoms with van der Waals surface area (Å²) in [4.78, 5) is 4.08. The van der Waals surface area contributed by atoms with Crippen molar-refractivity contribution < 1.29 is 0 Å². The number of aromatic nitrogens is 4. The molecule has 0 saturated carbocycles. The number of rotatable bonds is 3. The molecule has 3 rings (SSSR count). The van der Waals surface area contributed by atoms with E-state index in [1.54, 1.807) is 12.5 Å². The van der Waals surface area contributed by atoms with Crippen molar-refractivity contribution in [1.82, 2.24) is 19.6 Å². The Kier molecular flexibility index (Phi) is 2.64. The summed E-state index contributed by atoms with van der Waals surface area (Å²) < 4.78 is 1.91. The lowest BCUT2D eigenvalue weighted by Crippen LogP contribution is -1.98. The molecule has 5 heteroatoms. The van der Waals surface area contributed by atoms with Gasteiger partial charge in [-0.3, -0.25) is 4.40 Å². The summed E-state index contributed by atoms with van der Waals surface area (Å²) >= 11 is 0. The van der Waals surface area contributed by atoms with Crippen molar-refractivity contribution in [3.63, 3.8) is 0 Å². The van der Waals surface area contributed by atoms with Crippen molar-refractivity contribution in [1.29, 1.82) is 0 Å². The SMILES string of the molecule is Nc1ccc(CCc2nnc3ccncn23)cc1. The van der Waals surface area contributed by atoms with Gasteiger partial charge in [-0.15, -0.1) is 10.2 Å². The molecule has 0 unspecified atom stereocenters. The predicted octanol–water partition coefficient (Wildman–Crippen LogP) is 1.49. The molecule has 0 amide bonds. The van der Waals surface area contributed by atoms with E-state index in [1.165, 1.54) is 5.56 Å². The number of aryl methyl sites for hydroxylation is 2. The van der Waals surface area contributed by atoms with E-state index in [2.05, 4.69) is 15.2 Å². The highest BCUT2D eigenvalue weighted by molar-refractivity contribution is 5.39. The van der Waals surface area contributed by atoms with Gasteiger partial charge in [-0.1, -0.05) is 12.1 Å². The maximum absolute atomic E-state index is 5.66. The largest absolute Gasteiger partial charge is 0.399 e. The number of anilines is 1. The second-order valence-electron chi connectivity index (χ2n) is 4.17. The molecule has 0 aliphatic rings. The third-order valence-corrected chi connectivity index (χ3v) is 2.90. The topological polar surface area (TPSA) is 69.1 Å².